The highest BCUT2D eigenvalue weighted by Gasteiger charge is 1.49. The van der Waals surface area contributed by atoms with E-state index in [1.165, 1.54) is 6.07 Å². The van der Waals surface area contributed by atoms with Gasteiger partial charge in [0, 0.05) is 0 Å². The van der Waals surface area contributed by atoms with Crippen LogP contribution >= 0.6 is 0 Å². The summed E-state index contributed by atoms with van der Waals surface area (Å²) in [5.41, 5.74) is 0. The van der Waals surface area contributed by atoms with E-state index < -0.39 is 0 Å². The molecule has 0 aliphatic heterocycles. The first-order valence-electron chi connectivity index (χ1n) is 0.893. The van der Waals surface area contributed by atoms with E-state index in [1.54, 1.807) is 0 Å². The van der Waals surface area contributed by atoms with Crippen molar-refractivity contribution in [3.8, 4) is 6.07 Å². The molecule has 0 radical (unpaired) electrons. The second-order valence-electron chi connectivity index (χ2n) is 0.316. The van der Waals surface area contributed by atoms with E-state index in [-0.39, 0.29) is 12.1 Å². The van der Waals surface area contributed by atoms with Gasteiger partial charge in [0.1, 0.15) is 6.61 Å². The van der Waals surface area contributed by atoms with Crippen LogP contribution in [0.1, 0.15) is 0 Å². The summed E-state index contributed by atoms with van der Waals surface area (Å²) >= 11 is 0. The monoisotopic (exact) mass is 75.0 g/mol. The number of aliphatic hydroxyl groups is 1. The summed E-state index contributed by atoms with van der Waals surface area (Å²) in [5.74, 6) is 0. The Bertz CT molecular complexity index is 37.4. The largest absolute Gasteiger partial charge is 0.412 e. The van der Waals surface area contributed by atoms with E-state index in [2.05, 4.69) is 0 Å². The molecule has 3 nitrogen and oxygen atoms in total. The molecule has 5 heavy (non-hydrogen) atoms. The molecule has 30 valence electrons. The minimum atomic E-state index is -0.375. The predicted molar refractivity (Wildman–Crippen MR) is 16.3 cm³/mol. The van der Waals surface area contributed by atoms with Crippen LogP contribution in [0.25, 0.3) is 0 Å². The van der Waals surface area contributed by atoms with Crippen LogP contribution in [0.5, 0.6) is 0 Å². The molecule has 0 atom stereocenters. The SMILES string of the molecule is N#CCO.O. The smallest absolute Gasteiger partial charge is 0.130 e. The summed E-state index contributed by atoms with van der Waals surface area (Å²) in [6, 6.07) is 1.49. The third-order valence-electron chi connectivity index (χ3n) is 0.0707. The molecule has 0 aliphatic carbocycles. The summed E-state index contributed by atoms with van der Waals surface area (Å²) in [5, 5.41) is 14.9. The van der Waals surface area contributed by atoms with Crippen LogP contribution in [0, 0.1) is 11.3 Å². The lowest BCUT2D eigenvalue weighted by Gasteiger charge is -1.50. The fraction of sp³-hybridized carbons (Fsp3) is 0.500. The summed E-state index contributed by atoms with van der Waals surface area (Å²) < 4.78 is 0. The molecular weight excluding hydrogens is 70.0 g/mol. The second-order valence-corrected chi connectivity index (χ2v) is 0.316. The lowest BCUT2D eigenvalue weighted by atomic mass is 10.9. The van der Waals surface area contributed by atoms with Crippen molar-refractivity contribution in [2.75, 3.05) is 6.61 Å². The van der Waals surface area contributed by atoms with E-state index in [0.29, 0.717) is 0 Å². The molecule has 0 heterocycles. The van der Waals surface area contributed by atoms with E-state index in [0.717, 1.165) is 0 Å². The van der Waals surface area contributed by atoms with Gasteiger partial charge < -0.3 is 10.6 Å². The Kier molecular flexibility index (Phi) is 17.6. The molecule has 0 fully saturated rings. The molecule has 3 N–H and O–H groups in total. The number of nitriles is 1. The fourth-order valence-electron chi connectivity index (χ4n) is 0. The van der Waals surface area contributed by atoms with Crippen LogP contribution in [-0.4, -0.2) is 17.2 Å². The molecule has 0 spiro atoms. The second kappa shape index (κ2) is 9.96. The zero-order valence-corrected chi connectivity index (χ0v) is 2.60. The van der Waals surface area contributed by atoms with Gasteiger partial charge in [-0.05, 0) is 0 Å². The van der Waals surface area contributed by atoms with Gasteiger partial charge in [-0.3, -0.25) is 0 Å². The zero-order valence-electron chi connectivity index (χ0n) is 2.60. The Labute approximate surface area is 29.8 Å². The zero-order chi connectivity index (χ0) is 3.41. The van der Waals surface area contributed by atoms with Crippen LogP contribution in [0.4, 0.5) is 0 Å². The average Bonchev–Trinajstić information content (AvgIpc) is 1.37. The van der Waals surface area contributed by atoms with Gasteiger partial charge >= 0.3 is 0 Å². The first-order valence-corrected chi connectivity index (χ1v) is 0.893. The fourth-order valence-corrected chi connectivity index (χ4v) is 0. The van der Waals surface area contributed by atoms with Crippen LogP contribution in [0.2, 0.25) is 0 Å². The number of rotatable bonds is 0. The number of nitrogens with zero attached hydrogens (tertiary/aromatic N) is 1. The summed E-state index contributed by atoms with van der Waals surface area (Å²) in [7, 11) is 0. The molecule has 0 aliphatic rings. The molecule has 0 aromatic heterocycles. The normalized spacial score (nSPS) is 4.00. The van der Waals surface area contributed by atoms with Crippen molar-refractivity contribution in [1.82, 2.24) is 0 Å². The van der Waals surface area contributed by atoms with Crippen LogP contribution in [0.3, 0.4) is 0 Å². The van der Waals surface area contributed by atoms with Crippen molar-refractivity contribution in [3.05, 3.63) is 0 Å². The van der Waals surface area contributed by atoms with Crippen molar-refractivity contribution in [2.24, 2.45) is 0 Å². The minimum absolute atomic E-state index is 0. The van der Waals surface area contributed by atoms with Crippen LogP contribution < -0.4 is 0 Å². The number of hydrogen-bond donors (Lipinski definition) is 1. The van der Waals surface area contributed by atoms with Gasteiger partial charge in [0.25, 0.3) is 0 Å². The highest BCUT2D eigenvalue weighted by Crippen LogP contribution is 1.34. The third kappa shape index (κ3) is 40.3. The van der Waals surface area contributed by atoms with Crippen molar-refractivity contribution >= 4 is 0 Å². The molecule has 0 rings (SSSR count). The molecule has 3 heteroatoms. The molecule has 0 saturated heterocycles. The Morgan fingerprint density at radius 3 is 2.00 bits per heavy atom. The van der Waals surface area contributed by atoms with Crippen molar-refractivity contribution in [1.29, 1.82) is 5.26 Å². The Morgan fingerprint density at radius 1 is 1.80 bits per heavy atom. The highest BCUT2D eigenvalue weighted by molar-refractivity contribution is 4.63. The molecule has 0 bridgehead atoms. The first kappa shape index (κ1) is 8.83. The maximum atomic E-state index is 7.51. The summed E-state index contributed by atoms with van der Waals surface area (Å²) in [6.07, 6.45) is 0. The average molecular weight is 75.1 g/mol. The minimum Gasteiger partial charge on any atom is -0.412 e. The lowest BCUT2D eigenvalue weighted by molar-refractivity contribution is 0.348. The topological polar surface area (TPSA) is 75.5 Å². The van der Waals surface area contributed by atoms with Gasteiger partial charge in [-0.15, -0.1) is 0 Å². The van der Waals surface area contributed by atoms with Crippen LogP contribution in [-0.2, 0) is 0 Å². The standard InChI is InChI=1S/C2H3NO.H2O/c3-1-2-4;/h4H,2H2;1H2. The molecule has 0 aromatic carbocycles. The summed E-state index contributed by atoms with van der Waals surface area (Å²) in [4.78, 5) is 0. The Hall–Kier alpha value is -0.590. The van der Waals surface area contributed by atoms with E-state index in [1.807, 2.05) is 0 Å². The van der Waals surface area contributed by atoms with Gasteiger partial charge in [-0.1, -0.05) is 0 Å². The van der Waals surface area contributed by atoms with Crippen molar-refractivity contribution in [2.45, 2.75) is 0 Å². The summed E-state index contributed by atoms with van der Waals surface area (Å²) in [6.45, 7) is -0.375. The van der Waals surface area contributed by atoms with Crippen LogP contribution in [0.15, 0.2) is 0 Å². The maximum absolute atomic E-state index is 7.51. The van der Waals surface area contributed by atoms with Gasteiger partial charge in [-0.25, -0.2) is 0 Å². The first-order chi connectivity index (χ1) is 1.91. The van der Waals surface area contributed by atoms with Crippen molar-refractivity contribution < 1.29 is 10.6 Å². The predicted octanol–water partition coefficient (Wildman–Crippen LogP) is -1.32. The molecular formula is C2H5NO2. The van der Waals surface area contributed by atoms with Gasteiger partial charge in [0.2, 0.25) is 0 Å². The number of aliphatic hydroxyl groups excluding tert-OH is 1. The number of hydrogen-bond acceptors (Lipinski definition) is 2. The van der Waals surface area contributed by atoms with E-state index in [4.69, 9.17) is 10.4 Å². The Balaban J connectivity index is 0. The third-order valence-corrected chi connectivity index (χ3v) is 0.0707. The van der Waals surface area contributed by atoms with Gasteiger partial charge in [0.15, 0.2) is 0 Å². The van der Waals surface area contributed by atoms with Gasteiger partial charge in [-0.2, -0.15) is 5.26 Å². The maximum Gasteiger partial charge on any atom is 0.130 e. The molecule has 0 unspecified atom stereocenters. The lowest BCUT2D eigenvalue weighted by Crippen LogP contribution is -1.64. The van der Waals surface area contributed by atoms with Crippen molar-refractivity contribution in [3.63, 3.8) is 0 Å². The Morgan fingerprint density at radius 2 is 2.00 bits per heavy atom. The quantitative estimate of drug-likeness (QED) is 0.362. The highest BCUT2D eigenvalue weighted by atomic mass is 16.2. The molecule has 0 aromatic rings. The molecule has 0 saturated carbocycles. The van der Waals surface area contributed by atoms with E-state index >= 15 is 0 Å². The van der Waals surface area contributed by atoms with E-state index in [9.17, 15) is 0 Å². The molecule has 0 amide bonds. The van der Waals surface area contributed by atoms with Gasteiger partial charge in [0.05, 0.1) is 6.07 Å².